The maximum Gasteiger partial charge on any atom is 0.136 e. The summed E-state index contributed by atoms with van der Waals surface area (Å²) in [5.41, 5.74) is 8.19. The Bertz CT molecular complexity index is 1810. The fourth-order valence-corrected chi connectivity index (χ4v) is 5.30. The molecule has 0 bridgehead atoms. The van der Waals surface area contributed by atoms with Crippen LogP contribution in [-0.2, 0) is 16.2 Å². The van der Waals surface area contributed by atoms with Gasteiger partial charge in [0.2, 0.25) is 0 Å². The molecule has 1 aromatic heterocycles. The van der Waals surface area contributed by atoms with Crippen molar-refractivity contribution in [2.24, 2.45) is 0 Å². The Balaban J connectivity index is 1.97. The van der Waals surface area contributed by atoms with Gasteiger partial charge in [0.1, 0.15) is 11.2 Å². The molecule has 0 saturated carbocycles. The van der Waals surface area contributed by atoms with E-state index in [0.29, 0.717) is 16.7 Å². The van der Waals surface area contributed by atoms with Crippen molar-refractivity contribution < 1.29 is 9.90 Å². The zero-order valence-electron chi connectivity index (χ0n) is 28.5. The van der Waals surface area contributed by atoms with Crippen LogP contribution < -0.4 is 0 Å². The van der Waals surface area contributed by atoms with Crippen LogP contribution in [0.3, 0.4) is 0 Å². The van der Waals surface area contributed by atoms with Crippen molar-refractivity contribution in [2.75, 3.05) is 0 Å². The van der Waals surface area contributed by atoms with E-state index in [0.717, 1.165) is 38.6 Å². The lowest BCUT2D eigenvalue weighted by Crippen LogP contribution is -2.16. The Morgan fingerprint density at radius 2 is 1.16 bits per heavy atom. The summed E-state index contributed by atoms with van der Waals surface area (Å²) in [6.45, 7) is 21.5. The van der Waals surface area contributed by atoms with Gasteiger partial charge in [-0.2, -0.15) is 0 Å². The average Bonchev–Trinajstić information content (AvgIpc) is 3.27. The van der Waals surface area contributed by atoms with Crippen LogP contribution in [0.5, 0.6) is 0 Å². The van der Waals surface area contributed by atoms with E-state index >= 15 is 0 Å². The van der Waals surface area contributed by atoms with Crippen molar-refractivity contribution in [1.29, 1.82) is 0 Å². The van der Waals surface area contributed by atoms with Crippen LogP contribution >= 0.6 is 0 Å². The molecule has 0 saturated heterocycles. The van der Waals surface area contributed by atoms with Gasteiger partial charge in [-0.25, -0.2) is 0 Å². The van der Waals surface area contributed by atoms with E-state index in [4.69, 9.17) is 9.90 Å². The predicted octanol–water partition coefficient (Wildman–Crippen LogP) is 11.1. The number of fused-ring (bicyclic) bond motifs is 3. The number of rotatable bonds is 2. The summed E-state index contributed by atoms with van der Waals surface area (Å²) in [5, 5.41) is 1.97. The molecule has 0 atom stereocenters. The van der Waals surface area contributed by atoms with Crippen LogP contribution in [0.15, 0.2) is 77.1 Å². The van der Waals surface area contributed by atoms with Crippen molar-refractivity contribution in [2.45, 2.75) is 85.5 Å². The molecule has 5 aromatic rings. The first-order valence-electron chi connectivity index (χ1n) is 15.5. The lowest BCUT2D eigenvalue weighted by Gasteiger charge is -2.27. The SMILES string of the molecule is [2H]c1c([2H])c(-c2ccc3oc4cccc(-c5cc(C(C)(C)C)cc(C(C)(C)C)c5)c4c3c2C(C)(C)C)c([2H])c([2H])c1C. The Morgan fingerprint density at radius 3 is 1.71 bits per heavy atom. The van der Waals surface area contributed by atoms with Crippen LogP contribution in [0.4, 0.5) is 0 Å². The highest BCUT2D eigenvalue weighted by Gasteiger charge is 2.27. The monoisotopic (exact) mass is 506 g/mol. The third kappa shape index (κ3) is 4.68. The summed E-state index contributed by atoms with van der Waals surface area (Å²) in [4.78, 5) is 0. The fraction of sp³-hybridized carbons (Fsp3) is 0.351. The molecule has 1 heteroatoms. The second-order valence-electron chi connectivity index (χ2n) is 13.7. The molecule has 0 spiro atoms. The topological polar surface area (TPSA) is 13.1 Å². The lowest BCUT2D eigenvalue weighted by atomic mass is 9.77. The molecule has 4 aromatic carbocycles. The highest BCUT2D eigenvalue weighted by Crippen LogP contribution is 2.46. The van der Waals surface area contributed by atoms with Crippen molar-refractivity contribution in [3.8, 4) is 22.3 Å². The van der Waals surface area contributed by atoms with Crippen LogP contribution in [0.25, 0.3) is 44.2 Å². The molecule has 1 heterocycles. The zero-order chi connectivity index (χ0) is 31.1. The summed E-state index contributed by atoms with van der Waals surface area (Å²) in [6.07, 6.45) is 0. The van der Waals surface area contributed by atoms with Gasteiger partial charge in [0.05, 0.1) is 5.48 Å². The fourth-order valence-electron chi connectivity index (χ4n) is 5.30. The van der Waals surface area contributed by atoms with E-state index in [1.165, 1.54) is 11.1 Å². The third-order valence-corrected chi connectivity index (χ3v) is 7.41. The molecule has 0 fully saturated rings. The molecule has 0 aliphatic carbocycles. The summed E-state index contributed by atoms with van der Waals surface area (Å²) < 4.78 is 41.3. The highest BCUT2D eigenvalue weighted by atomic mass is 16.3. The molecule has 5 rings (SSSR count). The van der Waals surface area contributed by atoms with E-state index < -0.39 is 5.41 Å². The number of furan rings is 1. The standard InChI is InChI=1S/C37H42O/c1-23-14-16-24(17-15-23)29-18-19-31-33(34(29)37(8,9)10)32-28(12-11-13-30(32)38-31)25-20-26(35(2,3)4)22-27(21-25)36(5,6)7/h11-22H,1-10H3/i14D,15D,16D,17D. The minimum Gasteiger partial charge on any atom is -0.456 e. The van der Waals surface area contributed by atoms with Gasteiger partial charge in [-0.1, -0.05) is 128 Å². The van der Waals surface area contributed by atoms with Crippen LogP contribution in [-0.4, -0.2) is 0 Å². The van der Waals surface area contributed by atoms with Gasteiger partial charge in [0, 0.05) is 10.8 Å². The molecule has 0 radical (unpaired) electrons. The van der Waals surface area contributed by atoms with E-state index in [-0.39, 0.29) is 35.0 Å². The molecule has 38 heavy (non-hydrogen) atoms. The van der Waals surface area contributed by atoms with Gasteiger partial charge in [-0.3, -0.25) is 0 Å². The molecular weight excluding hydrogens is 460 g/mol. The number of benzene rings is 4. The Hall–Kier alpha value is -3.32. The average molecular weight is 507 g/mol. The first kappa shape index (κ1) is 21.6. The summed E-state index contributed by atoms with van der Waals surface area (Å²) >= 11 is 0. The number of hydrogen-bond acceptors (Lipinski definition) is 1. The van der Waals surface area contributed by atoms with Gasteiger partial charge in [-0.15, -0.1) is 0 Å². The maximum atomic E-state index is 8.87. The minimum absolute atomic E-state index is 0.00241. The largest absolute Gasteiger partial charge is 0.456 e. The third-order valence-electron chi connectivity index (χ3n) is 7.41. The van der Waals surface area contributed by atoms with Crippen LogP contribution in [0, 0.1) is 6.92 Å². The molecule has 1 nitrogen and oxygen atoms in total. The maximum absolute atomic E-state index is 8.87. The smallest absolute Gasteiger partial charge is 0.136 e. The van der Waals surface area contributed by atoms with E-state index in [1.54, 1.807) is 6.92 Å². The molecule has 0 aliphatic heterocycles. The van der Waals surface area contributed by atoms with Gasteiger partial charge in [0.15, 0.2) is 0 Å². The normalized spacial score (nSPS) is 14.5. The molecule has 196 valence electrons. The second-order valence-corrected chi connectivity index (χ2v) is 13.7. The van der Waals surface area contributed by atoms with E-state index in [1.807, 2.05) is 24.3 Å². The highest BCUT2D eigenvalue weighted by molar-refractivity contribution is 6.15. The molecule has 0 amide bonds. The Labute approximate surface area is 234 Å². The van der Waals surface area contributed by atoms with Crippen molar-refractivity contribution in [3.05, 3.63) is 95.0 Å². The molecule has 0 aliphatic rings. The quantitative estimate of drug-likeness (QED) is 0.232. The Kier molecular flexibility index (Phi) is 5.04. The first-order chi connectivity index (χ1) is 19.3. The first-order valence-corrected chi connectivity index (χ1v) is 13.5. The van der Waals surface area contributed by atoms with Gasteiger partial charge < -0.3 is 4.42 Å². The molecular formula is C37H42O. The van der Waals surface area contributed by atoms with E-state index in [9.17, 15) is 0 Å². The van der Waals surface area contributed by atoms with Crippen molar-refractivity contribution in [1.82, 2.24) is 0 Å². The van der Waals surface area contributed by atoms with Crippen molar-refractivity contribution in [3.63, 3.8) is 0 Å². The predicted molar refractivity (Wildman–Crippen MR) is 165 cm³/mol. The van der Waals surface area contributed by atoms with Crippen LogP contribution in [0.1, 0.15) is 90.1 Å². The second kappa shape index (κ2) is 8.87. The summed E-state index contributed by atoms with van der Waals surface area (Å²) in [6, 6.07) is 16.9. The number of hydrogen-bond donors (Lipinski definition) is 0. The molecule has 0 unspecified atom stereocenters. The van der Waals surface area contributed by atoms with E-state index in [2.05, 4.69) is 86.6 Å². The van der Waals surface area contributed by atoms with Gasteiger partial charge in [0.25, 0.3) is 0 Å². The van der Waals surface area contributed by atoms with Gasteiger partial charge in [-0.05, 0) is 74.2 Å². The van der Waals surface area contributed by atoms with Crippen molar-refractivity contribution >= 4 is 21.9 Å². The summed E-state index contributed by atoms with van der Waals surface area (Å²) in [5.74, 6) is 0. The summed E-state index contributed by atoms with van der Waals surface area (Å²) in [7, 11) is 0. The lowest BCUT2D eigenvalue weighted by molar-refractivity contribution is 0.569. The molecule has 0 N–H and O–H groups in total. The van der Waals surface area contributed by atoms with Gasteiger partial charge >= 0.3 is 0 Å². The van der Waals surface area contributed by atoms with Crippen LogP contribution in [0.2, 0.25) is 0 Å². The zero-order valence-corrected chi connectivity index (χ0v) is 24.5. The minimum atomic E-state index is -0.392. The Morgan fingerprint density at radius 1 is 0.579 bits per heavy atom.